The first-order chi connectivity index (χ1) is 13.7. The molecule has 0 saturated carbocycles. The Labute approximate surface area is 163 Å². The molecule has 0 unspecified atom stereocenters. The molecule has 0 aliphatic carbocycles. The number of amides is 1. The van der Waals surface area contributed by atoms with Crippen LogP contribution in [0.4, 0.5) is 0 Å². The number of fused-ring (bicyclic) bond motifs is 1. The first-order valence-corrected chi connectivity index (χ1v) is 9.10. The minimum atomic E-state index is -0.0104. The lowest BCUT2D eigenvalue weighted by molar-refractivity contribution is 0.0733. The topological polar surface area (TPSA) is 64.6 Å². The van der Waals surface area contributed by atoms with Crippen LogP contribution >= 0.6 is 0 Å². The number of aromatic nitrogens is 2. The van der Waals surface area contributed by atoms with Crippen LogP contribution in [-0.2, 0) is 13.0 Å². The monoisotopic (exact) mass is 375 g/mol. The first kappa shape index (κ1) is 18.0. The van der Waals surface area contributed by atoms with Crippen molar-refractivity contribution in [3.63, 3.8) is 0 Å². The molecule has 1 aromatic heterocycles. The van der Waals surface area contributed by atoms with Crippen LogP contribution in [-0.4, -0.2) is 41.5 Å². The number of hydrogen-bond donors (Lipinski definition) is 0. The molecule has 0 atom stereocenters. The summed E-state index contributed by atoms with van der Waals surface area (Å²) in [6, 6.07) is 14.9. The molecule has 1 aliphatic heterocycles. The van der Waals surface area contributed by atoms with Crippen molar-refractivity contribution in [1.29, 1.82) is 0 Å². The van der Waals surface area contributed by atoms with Crippen molar-refractivity contribution in [2.24, 2.45) is 0 Å². The van der Waals surface area contributed by atoms with Crippen LogP contribution in [0.25, 0.3) is 11.4 Å². The van der Waals surface area contributed by atoms with Crippen LogP contribution in [0, 0.1) is 0 Å². The Balaban J connectivity index is 1.53. The number of nitrogens with zero attached hydrogens (tertiary/aromatic N) is 3. The van der Waals surface area contributed by atoms with Gasteiger partial charge in [0, 0.05) is 42.4 Å². The molecule has 4 rings (SSSR count). The zero-order chi connectivity index (χ0) is 19.5. The van der Waals surface area contributed by atoms with Gasteiger partial charge >= 0.3 is 0 Å². The summed E-state index contributed by atoms with van der Waals surface area (Å²) in [6.45, 7) is 1.14. The fourth-order valence-electron chi connectivity index (χ4n) is 3.31. The van der Waals surface area contributed by atoms with Gasteiger partial charge in [-0.15, -0.1) is 0 Å². The molecular weight excluding hydrogens is 354 g/mol. The summed E-state index contributed by atoms with van der Waals surface area (Å²) in [5, 5.41) is 0. The third-order valence-electron chi connectivity index (χ3n) is 4.89. The van der Waals surface area contributed by atoms with Gasteiger partial charge in [0.2, 0.25) is 0 Å². The molecule has 0 bridgehead atoms. The minimum Gasteiger partial charge on any atom is -0.497 e. The summed E-state index contributed by atoms with van der Waals surface area (Å²) >= 11 is 0. The van der Waals surface area contributed by atoms with E-state index in [-0.39, 0.29) is 5.91 Å². The second-order valence-electron chi connectivity index (χ2n) is 6.60. The van der Waals surface area contributed by atoms with Gasteiger partial charge in [0.05, 0.1) is 19.9 Å². The third kappa shape index (κ3) is 3.53. The van der Waals surface area contributed by atoms with E-state index in [0.717, 1.165) is 22.6 Å². The van der Waals surface area contributed by atoms with Gasteiger partial charge in [0.15, 0.2) is 5.82 Å². The molecule has 6 heteroatoms. The minimum absolute atomic E-state index is 0.0104. The van der Waals surface area contributed by atoms with Gasteiger partial charge in [-0.2, -0.15) is 0 Å². The van der Waals surface area contributed by atoms with Crippen molar-refractivity contribution in [2.45, 2.75) is 13.0 Å². The molecule has 2 aromatic carbocycles. The Hall–Kier alpha value is -3.41. The summed E-state index contributed by atoms with van der Waals surface area (Å²) in [5.41, 5.74) is 3.55. The Morgan fingerprint density at radius 3 is 2.57 bits per heavy atom. The highest BCUT2D eigenvalue weighted by atomic mass is 16.5. The lowest BCUT2D eigenvalue weighted by Crippen LogP contribution is -2.36. The van der Waals surface area contributed by atoms with Gasteiger partial charge in [-0.1, -0.05) is 6.07 Å². The predicted molar refractivity (Wildman–Crippen MR) is 105 cm³/mol. The molecule has 0 N–H and O–H groups in total. The maximum Gasteiger partial charge on any atom is 0.254 e. The summed E-state index contributed by atoms with van der Waals surface area (Å²) in [5.74, 6) is 2.15. The Bertz CT molecular complexity index is 1000. The molecule has 6 nitrogen and oxygen atoms in total. The van der Waals surface area contributed by atoms with Crippen LogP contribution in [0.5, 0.6) is 11.5 Å². The third-order valence-corrected chi connectivity index (χ3v) is 4.89. The van der Waals surface area contributed by atoms with Gasteiger partial charge < -0.3 is 14.4 Å². The largest absolute Gasteiger partial charge is 0.497 e. The average Bonchev–Trinajstić information content (AvgIpc) is 2.78. The number of carbonyl (C=O) groups is 1. The van der Waals surface area contributed by atoms with E-state index in [2.05, 4.69) is 4.98 Å². The van der Waals surface area contributed by atoms with Crippen LogP contribution in [0.15, 0.2) is 54.7 Å². The number of methoxy groups -OCH3 is 2. The van der Waals surface area contributed by atoms with Crippen LogP contribution in [0.1, 0.15) is 21.6 Å². The number of hydrogen-bond acceptors (Lipinski definition) is 5. The Morgan fingerprint density at radius 2 is 1.82 bits per heavy atom. The summed E-state index contributed by atoms with van der Waals surface area (Å²) in [6.07, 6.45) is 2.53. The van der Waals surface area contributed by atoms with Crippen molar-refractivity contribution < 1.29 is 14.3 Å². The lowest BCUT2D eigenvalue weighted by atomic mass is 10.1. The molecule has 0 saturated heterocycles. The van der Waals surface area contributed by atoms with E-state index in [1.807, 2.05) is 53.6 Å². The molecule has 1 amide bonds. The maximum absolute atomic E-state index is 12.8. The molecule has 0 spiro atoms. The molecule has 1 aliphatic rings. The quantitative estimate of drug-likeness (QED) is 0.700. The SMILES string of the molecule is COc1ccc(-c2ncc3c(n2)CCN(C(=O)c2cccc(OC)c2)C3)cc1. The number of carbonyl (C=O) groups excluding carboxylic acids is 1. The summed E-state index contributed by atoms with van der Waals surface area (Å²) < 4.78 is 10.4. The average molecular weight is 375 g/mol. The maximum atomic E-state index is 12.8. The van der Waals surface area contributed by atoms with Gasteiger partial charge in [0.1, 0.15) is 11.5 Å². The highest BCUT2D eigenvalue weighted by Gasteiger charge is 2.23. The molecule has 0 radical (unpaired) electrons. The van der Waals surface area contributed by atoms with E-state index >= 15 is 0 Å². The van der Waals surface area contributed by atoms with E-state index in [1.54, 1.807) is 20.3 Å². The predicted octanol–water partition coefficient (Wildman–Crippen LogP) is 3.36. The molecule has 142 valence electrons. The molecule has 0 fully saturated rings. The van der Waals surface area contributed by atoms with Gasteiger partial charge in [-0.3, -0.25) is 4.79 Å². The number of rotatable bonds is 4. The second-order valence-corrected chi connectivity index (χ2v) is 6.60. The van der Waals surface area contributed by atoms with Gasteiger partial charge in [-0.05, 0) is 42.5 Å². The zero-order valence-corrected chi connectivity index (χ0v) is 15.9. The van der Waals surface area contributed by atoms with E-state index in [0.29, 0.717) is 36.6 Å². The van der Waals surface area contributed by atoms with Crippen LogP contribution in [0.2, 0.25) is 0 Å². The fraction of sp³-hybridized carbons (Fsp3) is 0.227. The molecular formula is C22H21N3O3. The standard InChI is InChI=1S/C22H21N3O3/c1-27-18-8-6-15(7-9-18)21-23-13-17-14-25(11-10-20(17)24-21)22(26)16-4-3-5-19(12-16)28-2/h3-9,12-13H,10-11,14H2,1-2H3. The second kappa shape index (κ2) is 7.68. The van der Waals surface area contributed by atoms with Crippen molar-refractivity contribution in [2.75, 3.05) is 20.8 Å². The molecule has 3 aromatic rings. The fourth-order valence-corrected chi connectivity index (χ4v) is 3.31. The highest BCUT2D eigenvalue weighted by Crippen LogP contribution is 2.24. The molecule has 2 heterocycles. The smallest absolute Gasteiger partial charge is 0.254 e. The normalized spacial score (nSPS) is 13.0. The van der Waals surface area contributed by atoms with Gasteiger partial charge in [-0.25, -0.2) is 9.97 Å². The summed E-state index contributed by atoms with van der Waals surface area (Å²) in [7, 11) is 3.24. The van der Waals surface area contributed by atoms with Crippen molar-refractivity contribution >= 4 is 5.91 Å². The lowest BCUT2D eigenvalue weighted by Gasteiger charge is -2.28. The van der Waals surface area contributed by atoms with Crippen LogP contribution < -0.4 is 9.47 Å². The summed E-state index contributed by atoms with van der Waals surface area (Å²) in [4.78, 5) is 23.9. The number of ether oxygens (including phenoxy) is 2. The van der Waals surface area contributed by atoms with Gasteiger partial charge in [0.25, 0.3) is 5.91 Å². The Morgan fingerprint density at radius 1 is 1.04 bits per heavy atom. The molecule has 28 heavy (non-hydrogen) atoms. The van der Waals surface area contributed by atoms with E-state index in [1.165, 1.54) is 0 Å². The Kier molecular flexibility index (Phi) is 4.93. The van der Waals surface area contributed by atoms with E-state index in [4.69, 9.17) is 14.5 Å². The van der Waals surface area contributed by atoms with E-state index in [9.17, 15) is 4.79 Å². The van der Waals surface area contributed by atoms with E-state index < -0.39 is 0 Å². The first-order valence-electron chi connectivity index (χ1n) is 9.10. The highest BCUT2D eigenvalue weighted by molar-refractivity contribution is 5.94. The van der Waals surface area contributed by atoms with Crippen molar-refractivity contribution in [1.82, 2.24) is 14.9 Å². The zero-order valence-electron chi connectivity index (χ0n) is 15.9. The van der Waals surface area contributed by atoms with Crippen molar-refractivity contribution in [3.8, 4) is 22.9 Å². The number of benzene rings is 2. The van der Waals surface area contributed by atoms with Crippen molar-refractivity contribution in [3.05, 3.63) is 71.5 Å². The van der Waals surface area contributed by atoms with Crippen LogP contribution in [0.3, 0.4) is 0 Å².